The average molecular weight is 452 g/mol. The fraction of sp³-hybridized carbons (Fsp3) is 0.545. The number of esters is 1. The summed E-state index contributed by atoms with van der Waals surface area (Å²) in [6.07, 6.45) is 1.24. The minimum atomic E-state index is -0.697. The molecular formula is C22H31BClNO6. The molecule has 0 saturated carbocycles. The van der Waals surface area contributed by atoms with Gasteiger partial charge in [-0.3, -0.25) is 0 Å². The van der Waals surface area contributed by atoms with Crippen LogP contribution in [0, 0.1) is 0 Å². The topological polar surface area (TPSA) is 83.1 Å². The molecule has 1 fully saturated rings. The van der Waals surface area contributed by atoms with Gasteiger partial charge in [-0.2, -0.15) is 0 Å². The second-order valence-electron chi connectivity index (χ2n) is 9.39. The lowest BCUT2D eigenvalue weighted by molar-refractivity contribution is 0.00578. The molecular weight excluding hydrogens is 421 g/mol. The van der Waals surface area contributed by atoms with E-state index in [2.05, 4.69) is 5.32 Å². The molecule has 0 unspecified atom stereocenters. The molecule has 1 heterocycles. The lowest BCUT2D eigenvalue weighted by Crippen LogP contribution is -2.41. The number of rotatable bonds is 5. The Kier molecular flexibility index (Phi) is 7.51. The van der Waals surface area contributed by atoms with E-state index in [4.69, 9.17) is 30.4 Å². The maximum atomic E-state index is 12.2. The summed E-state index contributed by atoms with van der Waals surface area (Å²) in [5.74, 6) is -0.538. The molecule has 0 bridgehead atoms. The van der Waals surface area contributed by atoms with Crippen LogP contribution in [0.2, 0.25) is 5.02 Å². The molecule has 9 heteroatoms. The fourth-order valence-electron chi connectivity index (χ4n) is 2.80. The SMILES string of the molecule is COC(=O)c1cc(C=C(CNC(=O)OC(C)(C)C)B2OC(C)(C)C(C)(C)O2)ccc1Cl. The van der Waals surface area contributed by atoms with Crippen LogP contribution in [0.25, 0.3) is 6.08 Å². The number of amides is 1. The maximum absolute atomic E-state index is 12.2. The Hall–Kier alpha value is -2.03. The fourth-order valence-corrected chi connectivity index (χ4v) is 2.99. The molecule has 0 radical (unpaired) electrons. The minimum Gasteiger partial charge on any atom is -0.465 e. The van der Waals surface area contributed by atoms with E-state index in [1.807, 2.05) is 27.7 Å². The third-order valence-corrected chi connectivity index (χ3v) is 5.47. The number of carbonyl (C=O) groups excluding carboxylic acids is 2. The molecule has 1 aliphatic heterocycles. The van der Waals surface area contributed by atoms with Gasteiger partial charge in [0.05, 0.1) is 28.9 Å². The predicted octanol–water partition coefficient (Wildman–Crippen LogP) is 4.67. The number of hydrogen-bond donors (Lipinski definition) is 1. The van der Waals surface area contributed by atoms with Crippen LogP contribution in [0.4, 0.5) is 4.79 Å². The van der Waals surface area contributed by atoms with E-state index < -0.39 is 36.0 Å². The van der Waals surface area contributed by atoms with Crippen LogP contribution < -0.4 is 5.32 Å². The largest absolute Gasteiger partial charge is 0.492 e. The van der Waals surface area contributed by atoms with Crippen LogP contribution in [0.1, 0.15) is 64.4 Å². The average Bonchev–Trinajstić information content (AvgIpc) is 2.85. The van der Waals surface area contributed by atoms with Crippen molar-refractivity contribution in [3.05, 3.63) is 39.8 Å². The minimum absolute atomic E-state index is 0.127. The third-order valence-electron chi connectivity index (χ3n) is 5.14. The van der Waals surface area contributed by atoms with Crippen LogP contribution >= 0.6 is 11.6 Å². The monoisotopic (exact) mass is 451 g/mol. The van der Waals surface area contributed by atoms with Gasteiger partial charge >= 0.3 is 19.2 Å². The number of nitrogens with one attached hydrogen (secondary N) is 1. The third kappa shape index (κ3) is 6.48. The molecule has 1 amide bonds. The van der Waals surface area contributed by atoms with Gasteiger partial charge in [-0.15, -0.1) is 0 Å². The van der Waals surface area contributed by atoms with Crippen LogP contribution in [-0.4, -0.2) is 49.6 Å². The van der Waals surface area contributed by atoms with E-state index in [9.17, 15) is 9.59 Å². The van der Waals surface area contributed by atoms with Crippen molar-refractivity contribution in [1.29, 1.82) is 0 Å². The molecule has 1 aliphatic rings. The highest BCUT2D eigenvalue weighted by Gasteiger charge is 2.52. The first-order valence-corrected chi connectivity index (χ1v) is 10.4. The van der Waals surface area contributed by atoms with Crippen molar-refractivity contribution in [3.8, 4) is 0 Å². The molecule has 0 aliphatic carbocycles. The molecule has 0 spiro atoms. The second kappa shape index (κ2) is 9.22. The summed E-state index contributed by atoms with van der Waals surface area (Å²) in [6.45, 7) is 13.3. The summed E-state index contributed by atoms with van der Waals surface area (Å²) in [5.41, 5.74) is -0.154. The zero-order chi connectivity index (χ0) is 23.6. The molecule has 2 rings (SSSR count). The Morgan fingerprint density at radius 1 is 1.16 bits per heavy atom. The van der Waals surface area contributed by atoms with Gasteiger partial charge in [0.15, 0.2) is 0 Å². The molecule has 0 atom stereocenters. The lowest BCUT2D eigenvalue weighted by Gasteiger charge is -2.32. The number of carbonyl (C=O) groups is 2. The van der Waals surface area contributed by atoms with Gasteiger partial charge in [-0.25, -0.2) is 9.59 Å². The highest BCUT2D eigenvalue weighted by Crippen LogP contribution is 2.38. The van der Waals surface area contributed by atoms with Crippen LogP contribution in [0.3, 0.4) is 0 Å². The Labute approximate surface area is 189 Å². The summed E-state index contributed by atoms with van der Waals surface area (Å²) < 4.78 is 22.4. The summed E-state index contributed by atoms with van der Waals surface area (Å²) in [4.78, 5) is 24.2. The second-order valence-corrected chi connectivity index (χ2v) is 9.80. The maximum Gasteiger partial charge on any atom is 0.492 e. The first-order valence-electron chi connectivity index (χ1n) is 10.1. The molecule has 31 heavy (non-hydrogen) atoms. The highest BCUT2D eigenvalue weighted by molar-refractivity contribution is 6.56. The highest BCUT2D eigenvalue weighted by atomic mass is 35.5. The predicted molar refractivity (Wildman–Crippen MR) is 121 cm³/mol. The number of ether oxygens (including phenoxy) is 2. The number of hydrogen-bond acceptors (Lipinski definition) is 6. The lowest BCUT2D eigenvalue weighted by atomic mass is 9.77. The van der Waals surface area contributed by atoms with E-state index in [0.717, 1.165) is 0 Å². The zero-order valence-electron chi connectivity index (χ0n) is 19.4. The number of alkyl carbamates (subject to hydrolysis) is 1. The molecule has 1 aromatic rings. The van der Waals surface area contributed by atoms with Gasteiger partial charge in [-0.05, 0) is 71.6 Å². The molecule has 1 N–H and O–H groups in total. The van der Waals surface area contributed by atoms with Crippen LogP contribution in [-0.2, 0) is 18.8 Å². The van der Waals surface area contributed by atoms with Crippen molar-refractivity contribution in [2.75, 3.05) is 13.7 Å². The number of halogens is 1. The van der Waals surface area contributed by atoms with Crippen molar-refractivity contribution in [2.24, 2.45) is 0 Å². The molecule has 1 aromatic carbocycles. The van der Waals surface area contributed by atoms with E-state index in [1.165, 1.54) is 7.11 Å². The van der Waals surface area contributed by atoms with Crippen LogP contribution in [0.5, 0.6) is 0 Å². The number of methoxy groups -OCH3 is 1. The van der Waals surface area contributed by atoms with E-state index in [1.54, 1.807) is 45.0 Å². The Balaban J connectivity index is 2.36. The first-order chi connectivity index (χ1) is 14.1. The van der Waals surface area contributed by atoms with Crippen molar-refractivity contribution < 1.29 is 28.4 Å². The standard InChI is InChI=1S/C22H31BClNO6/c1-20(2,3)29-19(27)25-13-15(23-30-21(4,5)22(6,7)31-23)11-14-9-10-17(24)16(12-14)18(26)28-8/h9-12H,13H2,1-8H3,(H,25,27). The van der Waals surface area contributed by atoms with Gasteiger partial charge in [-0.1, -0.05) is 23.7 Å². The van der Waals surface area contributed by atoms with E-state index in [-0.39, 0.29) is 17.1 Å². The van der Waals surface area contributed by atoms with Crippen LogP contribution in [0.15, 0.2) is 23.7 Å². The Morgan fingerprint density at radius 2 is 1.74 bits per heavy atom. The zero-order valence-corrected chi connectivity index (χ0v) is 20.2. The van der Waals surface area contributed by atoms with Gasteiger partial charge in [0.1, 0.15) is 5.60 Å². The summed E-state index contributed by atoms with van der Waals surface area (Å²) in [5, 5.41) is 3.03. The Bertz CT molecular complexity index is 859. The normalized spacial score (nSPS) is 18.0. The van der Waals surface area contributed by atoms with E-state index >= 15 is 0 Å². The summed E-state index contributed by atoms with van der Waals surface area (Å²) in [6, 6.07) is 4.99. The quantitative estimate of drug-likeness (QED) is 0.517. The van der Waals surface area contributed by atoms with Gasteiger partial charge in [0.2, 0.25) is 0 Å². The summed E-state index contributed by atoms with van der Waals surface area (Å²) in [7, 11) is 0.596. The summed E-state index contributed by atoms with van der Waals surface area (Å²) >= 11 is 6.13. The molecule has 1 saturated heterocycles. The van der Waals surface area contributed by atoms with Crippen molar-refractivity contribution in [2.45, 2.75) is 65.3 Å². The van der Waals surface area contributed by atoms with Gasteiger partial charge in [0.25, 0.3) is 0 Å². The van der Waals surface area contributed by atoms with E-state index in [0.29, 0.717) is 11.0 Å². The Morgan fingerprint density at radius 3 is 2.26 bits per heavy atom. The van der Waals surface area contributed by atoms with Gasteiger partial charge < -0.3 is 24.1 Å². The smallest absolute Gasteiger partial charge is 0.465 e. The number of benzene rings is 1. The first kappa shape index (κ1) is 25.2. The van der Waals surface area contributed by atoms with Crippen molar-refractivity contribution in [1.82, 2.24) is 5.32 Å². The molecule has 170 valence electrons. The van der Waals surface area contributed by atoms with Crippen molar-refractivity contribution >= 4 is 36.9 Å². The van der Waals surface area contributed by atoms with Crippen molar-refractivity contribution in [3.63, 3.8) is 0 Å². The molecule has 0 aromatic heterocycles. The molecule has 7 nitrogen and oxygen atoms in total. The van der Waals surface area contributed by atoms with Gasteiger partial charge in [0, 0.05) is 6.54 Å².